The summed E-state index contributed by atoms with van der Waals surface area (Å²) in [5.41, 5.74) is 7.87. The van der Waals surface area contributed by atoms with E-state index in [1.54, 1.807) is 19.1 Å². The summed E-state index contributed by atoms with van der Waals surface area (Å²) in [5.74, 6) is 0.376. The molecule has 1 aliphatic heterocycles. The predicted molar refractivity (Wildman–Crippen MR) is 85.7 cm³/mol. The molecule has 6 heteroatoms. The van der Waals surface area contributed by atoms with E-state index in [9.17, 15) is 8.42 Å². The first-order valence-corrected chi connectivity index (χ1v) is 8.83. The normalized spacial score (nSPS) is 20.6. The molecule has 1 aromatic carbocycles. The Morgan fingerprint density at radius 3 is 2.76 bits per heavy atom. The van der Waals surface area contributed by atoms with Crippen molar-refractivity contribution in [2.45, 2.75) is 31.6 Å². The molecule has 2 rings (SSSR count). The van der Waals surface area contributed by atoms with Crippen LogP contribution in [0, 0.1) is 19.8 Å². The molecule has 3 N–H and O–H groups in total. The molecule has 0 radical (unpaired) electrons. The van der Waals surface area contributed by atoms with Crippen LogP contribution in [0.15, 0.2) is 17.0 Å². The molecule has 21 heavy (non-hydrogen) atoms. The van der Waals surface area contributed by atoms with Crippen molar-refractivity contribution in [2.24, 2.45) is 5.92 Å². The Kier molecular flexibility index (Phi) is 4.91. The topological polar surface area (TPSA) is 75.4 Å². The smallest absolute Gasteiger partial charge is 0.240 e. The summed E-state index contributed by atoms with van der Waals surface area (Å²) >= 11 is 0. The van der Waals surface area contributed by atoms with Crippen LogP contribution in [0.2, 0.25) is 0 Å². The first-order chi connectivity index (χ1) is 9.79. The maximum absolute atomic E-state index is 12.5. The van der Waals surface area contributed by atoms with Gasteiger partial charge in [0.2, 0.25) is 10.0 Å². The van der Waals surface area contributed by atoms with Crippen molar-refractivity contribution >= 4 is 15.7 Å². The van der Waals surface area contributed by atoms with Gasteiger partial charge in [0.25, 0.3) is 0 Å². The summed E-state index contributed by atoms with van der Waals surface area (Å²) in [6.07, 6.45) is 2.20. The number of anilines is 1. The Bertz CT molecular complexity index is 614. The highest BCUT2D eigenvalue weighted by Crippen LogP contribution is 2.23. The summed E-state index contributed by atoms with van der Waals surface area (Å²) in [7, 11) is -1.43. The zero-order valence-corrected chi connectivity index (χ0v) is 13.8. The molecule has 0 aromatic heterocycles. The Morgan fingerprint density at radius 1 is 1.38 bits per heavy atom. The van der Waals surface area contributed by atoms with E-state index in [-0.39, 0.29) is 0 Å². The van der Waals surface area contributed by atoms with Crippen LogP contribution in [0.4, 0.5) is 5.69 Å². The van der Waals surface area contributed by atoms with Gasteiger partial charge in [0.05, 0.1) is 4.90 Å². The lowest BCUT2D eigenvalue weighted by atomic mass is 9.99. The van der Waals surface area contributed by atoms with E-state index in [0.29, 0.717) is 28.6 Å². The maximum atomic E-state index is 12.5. The third-order valence-corrected chi connectivity index (χ3v) is 5.67. The van der Waals surface area contributed by atoms with E-state index in [4.69, 9.17) is 5.73 Å². The predicted octanol–water partition coefficient (Wildman–Crippen LogP) is 1.51. The van der Waals surface area contributed by atoms with Crippen molar-refractivity contribution in [2.75, 3.05) is 32.4 Å². The largest absolute Gasteiger partial charge is 0.398 e. The first kappa shape index (κ1) is 16.3. The summed E-state index contributed by atoms with van der Waals surface area (Å²) in [6.45, 7) is 6.12. The molecule has 1 heterocycles. The van der Waals surface area contributed by atoms with Crippen LogP contribution in [0.25, 0.3) is 0 Å². The molecule has 1 aromatic rings. The Labute approximate surface area is 127 Å². The zero-order valence-electron chi connectivity index (χ0n) is 13.0. The van der Waals surface area contributed by atoms with Crippen LogP contribution in [0.5, 0.6) is 0 Å². The average Bonchev–Trinajstić information content (AvgIpc) is 2.41. The third kappa shape index (κ3) is 3.96. The van der Waals surface area contributed by atoms with Gasteiger partial charge in [-0.1, -0.05) is 0 Å². The van der Waals surface area contributed by atoms with Crippen LogP contribution >= 0.6 is 0 Å². The van der Waals surface area contributed by atoms with E-state index in [2.05, 4.69) is 16.7 Å². The number of nitrogens with two attached hydrogens (primary N) is 1. The number of piperidine rings is 1. The minimum Gasteiger partial charge on any atom is -0.398 e. The maximum Gasteiger partial charge on any atom is 0.240 e. The van der Waals surface area contributed by atoms with Crippen molar-refractivity contribution < 1.29 is 8.42 Å². The molecule has 0 saturated carbocycles. The monoisotopic (exact) mass is 311 g/mol. The second-order valence-electron chi connectivity index (χ2n) is 6.10. The van der Waals surface area contributed by atoms with Gasteiger partial charge in [-0.15, -0.1) is 0 Å². The zero-order chi connectivity index (χ0) is 15.6. The molecule has 1 saturated heterocycles. The molecule has 1 fully saturated rings. The number of hydrogen-bond donors (Lipinski definition) is 2. The molecule has 0 aliphatic carbocycles. The van der Waals surface area contributed by atoms with Gasteiger partial charge >= 0.3 is 0 Å². The molecule has 1 aliphatic rings. The summed E-state index contributed by atoms with van der Waals surface area (Å²) in [5, 5.41) is 0. The first-order valence-electron chi connectivity index (χ1n) is 7.34. The average molecular weight is 311 g/mol. The van der Waals surface area contributed by atoms with Crippen molar-refractivity contribution in [1.82, 2.24) is 9.62 Å². The van der Waals surface area contributed by atoms with Gasteiger partial charge in [0.15, 0.2) is 0 Å². The van der Waals surface area contributed by atoms with Gasteiger partial charge in [0, 0.05) is 18.8 Å². The Hall–Kier alpha value is -1.11. The number of likely N-dealkylation sites (tertiary alicyclic amines) is 1. The fourth-order valence-corrected chi connectivity index (χ4v) is 4.35. The van der Waals surface area contributed by atoms with Gasteiger partial charge in [-0.25, -0.2) is 13.1 Å². The van der Waals surface area contributed by atoms with E-state index in [0.717, 1.165) is 31.5 Å². The summed E-state index contributed by atoms with van der Waals surface area (Å²) in [4.78, 5) is 2.54. The van der Waals surface area contributed by atoms with E-state index in [1.807, 2.05) is 6.92 Å². The molecular weight excluding hydrogens is 286 g/mol. The van der Waals surface area contributed by atoms with Gasteiger partial charge in [0.1, 0.15) is 0 Å². The Balaban J connectivity index is 2.12. The number of hydrogen-bond acceptors (Lipinski definition) is 4. The highest BCUT2D eigenvalue weighted by Gasteiger charge is 2.22. The molecule has 0 bridgehead atoms. The Morgan fingerprint density at radius 2 is 2.10 bits per heavy atom. The molecule has 1 unspecified atom stereocenters. The molecular formula is C15H25N3O2S. The lowest BCUT2D eigenvalue weighted by molar-refractivity contribution is 0.211. The van der Waals surface area contributed by atoms with Crippen LogP contribution in [0.3, 0.4) is 0 Å². The van der Waals surface area contributed by atoms with Crippen LogP contribution in [0.1, 0.15) is 24.0 Å². The van der Waals surface area contributed by atoms with Gasteiger partial charge in [-0.2, -0.15) is 0 Å². The van der Waals surface area contributed by atoms with Gasteiger partial charge in [-0.05, 0) is 69.5 Å². The van der Waals surface area contributed by atoms with Gasteiger partial charge in [-0.3, -0.25) is 0 Å². The quantitative estimate of drug-likeness (QED) is 0.827. The minimum absolute atomic E-state index is 0.296. The van der Waals surface area contributed by atoms with Crippen molar-refractivity contribution in [3.05, 3.63) is 23.3 Å². The molecule has 0 spiro atoms. The molecule has 0 amide bonds. The van der Waals surface area contributed by atoms with Crippen molar-refractivity contribution in [3.63, 3.8) is 0 Å². The fourth-order valence-electron chi connectivity index (χ4n) is 2.88. The fraction of sp³-hybridized carbons (Fsp3) is 0.600. The van der Waals surface area contributed by atoms with Gasteiger partial charge < -0.3 is 10.6 Å². The minimum atomic E-state index is -3.50. The lowest BCUT2D eigenvalue weighted by Gasteiger charge is -2.29. The number of nitrogens with one attached hydrogen (secondary N) is 1. The van der Waals surface area contributed by atoms with Crippen molar-refractivity contribution in [3.8, 4) is 0 Å². The van der Waals surface area contributed by atoms with Crippen LogP contribution < -0.4 is 10.5 Å². The second-order valence-corrected chi connectivity index (χ2v) is 7.84. The number of nitrogen functional groups attached to an aromatic ring is 1. The third-order valence-electron chi connectivity index (χ3n) is 4.12. The number of benzene rings is 1. The highest BCUT2D eigenvalue weighted by molar-refractivity contribution is 7.89. The second kappa shape index (κ2) is 6.34. The standard InChI is InChI=1S/C15H25N3O2S/c1-11-7-14(16)12(2)15(8-11)21(19,20)17-9-13-5-4-6-18(3)10-13/h7-8,13,17H,4-6,9-10,16H2,1-3H3. The van der Waals surface area contributed by atoms with E-state index < -0.39 is 10.0 Å². The molecule has 118 valence electrons. The van der Waals surface area contributed by atoms with Crippen LogP contribution in [-0.4, -0.2) is 40.0 Å². The van der Waals surface area contributed by atoms with E-state index >= 15 is 0 Å². The molecule has 1 atom stereocenters. The highest BCUT2D eigenvalue weighted by atomic mass is 32.2. The number of sulfonamides is 1. The summed E-state index contributed by atoms with van der Waals surface area (Å²) < 4.78 is 27.8. The summed E-state index contributed by atoms with van der Waals surface area (Å²) in [6, 6.07) is 3.48. The van der Waals surface area contributed by atoms with E-state index in [1.165, 1.54) is 0 Å². The number of aryl methyl sites for hydroxylation is 1. The number of rotatable bonds is 4. The van der Waals surface area contributed by atoms with Crippen molar-refractivity contribution in [1.29, 1.82) is 0 Å². The van der Waals surface area contributed by atoms with Crippen LogP contribution in [-0.2, 0) is 10.0 Å². The number of nitrogens with zero attached hydrogens (tertiary/aromatic N) is 1. The SMILES string of the molecule is Cc1cc(N)c(C)c(S(=O)(=O)NCC2CCCN(C)C2)c1. The molecule has 5 nitrogen and oxygen atoms in total. The lowest BCUT2D eigenvalue weighted by Crippen LogP contribution is -2.39.